The van der Waals surface area contributed by atoms with E-state index in [-0.39, 0.29) is 12.4 Å². The summed E-state index contributed by atoms with van der Waals surface area (Å²) in [6, 6.07) is 6.08. The molecule has 5 heteroatoms. The fraction of sp³-hybridized carbons (Fsp3) is 0.167. The molecule has 90 valence electrons. The number of oxime groups is 1. The average Bonchev–Trinajstić information content (AvgIpc) is 2.76. The molecule has 2 aromatic rings. The van der Waals surface area contributed by atoms with Gasteiger partial charge in [-0.2, -0.15) is 0 Å². The van der Waals surface area contributed by atoms with Crippen LogP contribution in [0, 0.1) is 0 Å². The van der Waals surface area contributed by atoms with Gasteiger partial charge < -0.3 is 5.21 Å². The maximum Gasteiger partial charge on any atom is 0.0836 e. The summed E-state index contributed by atoms with van der Waals surface area (Å²) in [6.07, 6.45) is 7.04. The van der Waals surface area contributed by atoms with E-state index in [1.54, 1.807) is 17.5 Å². The number of aromatic nitrogens is 1. The van der Waals surface area contributed by atoms with Crippen LogP contribution in [0.3, 0.4) is 0 Å². The Labute approximate surface area is 110 Å². The van der Waals surface area contributed by atoms with Gasteiger partial charge in [-0.1, -0.05) is 11.2 Å². The molecule has 0 spiro atoms. The molecule has 2 aromatic heterocycles. The number of rotatable bonds is 4. The van der Waals surface area contributed by atoms with Crippen molar-refractivity contribution in [3.05, 3.63) is 52.0 Å². The standard InChI is InChI=1S/C12H12N2OS.ClH/c15-14-9-12-11(5-7-16-12)4-3-10-2-1-6-13-8-10;/h1-2,5-9,15H,3-4H2;1H/b14-9-;. The van der Waals surface area contributed by atoms with Crippen molar-refractivity contribution in [3.8, 4) is 0 Å². The van der Waals surface area contributed by atoms with Crippen LogP contribution in [-0.2, 0) is 12.8 Å². The van der Waals surface area contributed by atoms with E-state index in [0.717, 1.165) is 17.7 Å². The summed E-state index contributed by atoms with van der Waals surface area (Å²) >= 11 is 1.58. The molecule has 0 aromatic carbocycles. The Kier molecular flexibility index (Phi) is 5.66. The van der Waals surface area contributed by atoms with Gasteiger partial charge in [0.05, 0.1) is 11.1 Å². The lowest BCUT2D eigenvalue weighted by atomic mass is 10.1. The SMILES string of the molecule is Cl.O/N=C\c1sccc1CCc1cccnc1. The highest BCUT2D eigenvalue weighted by molar-refractivity contribution is 7.11. The van der Waals surface area contributed by atoms with Crippen LogP contribution in [0.5, 0.6) is 0 Å². The quantitative estimate of drug-likeness (QED) is 0.526. The van der Waals surface area contributed by atoms with Crippen LogP contribution >= 0.6 is 23.7 Å². The largest absolute Gasteiger partial charge is 0.411 e. The second-order valence-corrected chi connectivity index (χ2v) is 4.36. The van der Waals surface area contributed by atoms with Crippen LogP contribution in [0.2, 0.25) is 0 Å². The fourth-order valence-corrected chi connectivity index (χ4v) is 2.35. The summed E-state index contributed by atoms with van der Waals surface area (Å²) in [5, 5.41) is 13.6. The van der Waals surface area contributed by atoms with Crippen molar-refractivity contribution in [3.63, 3.8) is 0 Å². The minimum Gasteiger partial charge on any atom is -0.411 e. The number of pyridine rings is 1. The zero-order valence-corrected chi connectivity index (χ0v) is 10.7. The monoisotopic (exact) mass is 268 g/mol. The third kappa shape index (κ3) is 3.84. The van der Waals surface area contributed by atoms with Gasteiger partial charge in [-0.25, -0.2) is 0 Å². The molecule has 0 radical (unpaired) electrons. The maximum atomic E-state index is 8.51. The number of aryl methyl sites for hydroxylation is 2. The Morgan fingerprint density at radius 1 is 1.35 bits per heavy atom. The smallest absolute Gasteiger partial charge is 0.0836 e. The summed E-state index contributed by atoms with van der Waals surface area (Å²) in [6.45, 7) is 0. The predicted molar refractivity (Wildman–Crippen MR) is 72.6 cm³/mol. The van der Waals surface area contributed by atoms with Crippen molar-refractivity contribution in [2.75, 3.05) is 0 Å². The number of nitrogens with zero attached hydrogens (tertiary/aromatic N) is 2. The summed E-state index contributed by atoms with van der Waals surface area (Å²) < 4.78 is 0. The molecule has 0 saturated heterocycles. The zero-order valence-electron chi connectivity index (χ0n) is 9.11. The van der Waals surface area contributed by atoms with Crippen molar-refractivity contribution in [2.24, 2.45) is 5.16 Å². The molecule has 0 atom stereocenters. The van der Waals surface area contributed by atoms with Gasteiger partial charge in [-0.3, -0.25) is 4.98 Å². The van der Waals surface area contributed by atoms with Crippen LogP contribution in [0.15, 0.2) is 41.1 Å². The first kappa shape index (κ1) is 13.7. The molecule has 0 fully saturated rings. The third-order valence-electron chi connectivity index (χ3n) is 2.36. The molecule has 0 unspecified atom stereocenters. The van der Waals surface area contributed by atoms with Crippen molar-refractivity contribution in [1.29, 1.82) is 0 Å². The number of halogens is 1. The number of hydrogen-bond donors (Lipinski definition) is 1. The molecule has 17 heavy (non-hydrogen) atoms. The molecular formula is C12H13ClN2OS. The number of thiophene rings is 1. The first-order valence-corrected chi connectivity index (χ1v) is 5.91. The van der Waals surface area contributed by atoms with E-state index in [1.165, 1.54) is 17.3 Å². The molecule has 0 amide bonds. The lowest BCUT2D eigenvalue weighted by Crippen LogP contribution is -1.93. The molecule has 0 bridgehead atoms. The topological polar surface area (TPSA) is 45.5 Å². The molecule has 1 N–H and O–H groups in total. The lowest BCUT2D eigenvalue weighted by molar-refractivity contribution is 0.322. The lowest BCUT2D eigenvalue weighted by Gasteiger charge is -2.00. The molecule has 0 aliphatic heterocycles. The zero-order chi connectivity index (χ0) is 11.2. The Morgan fingerprint density at radius 2 is 2.24 bits per heavy atom. The van der Waals surface area contributed by atoms with Crippen LogP contribution in [0.25, 0.3) is 0 Å². The van der Waals surface area contributed by atoms with Gasteiger partial charge in [0, 0.05) is 12.4 Å². The van der Waals surface area contributed by atoms with E-state index in [2.05, 4.69) is 22.3 Å². The van der Waals surface area contributed by atoms with E-state index in [1.807, 2.05) is 17.6 Å². The average molecular weight is 269 g/mol. The van der Waals surface area contributed by atoms with Crippen molar-refractivity contribution in [2.45, 2.75) is 12.8 Å². The highest BCUT2D eigenvalue weighted by atomic mass is 35.5. The Bertz CT molecular complexity index is 470. The Morgan fingerprint density at radius 3 is 2.94 bits per heavy atom. The van der Waals surface area contributed by atoms with Gasteiger partial charge >= 0.3 is 0 Å². The maximum absolute atomic E-state index is 8.51. The summed E-state index contributed by atoms with van der Waals surface area (Å²) in [4.78, 5) is 5.10. The third-order valence-corrected chi connectivity index (χ3v) is 3.26. The highest BCUT2D eigenvalue weighted by Gasteiger charge is 2.02. The molecule has 2 rings (SSSR count). The van der Waals surface area contributed by atoms with E-state index in [0.29, 0.717) is 0 Å². The Balaban J connectivity index is 0.00000144. The van der Waals surface area contributed by atoms with Crippen LogP contribution in [-0.4, -0.2) is 16.4 Å². The molecule has 2 heterocycles. The molecular weight excluding hydrogens is 256 g/mol. The second kappa shape index (κ2) is 7.04. The normalized spacial score (nSPS) is 10.4. The van der Waals surface area contributed by atoms with Crippen molar-refractivity contribution in [1.82, 2.24) is 4.98 Å². The van der Waals surface area contributed by atoms with Gasteiger partial charge in [0.15, 0.2) is 0 Å². The second-order valence-electron chi connectivity index (χ2n) is 3.42. The minimum atomic E-state index is 0. The van der Waals surface area contributed by atoms with Gasteiger partial charge in [-0.05, 0) is 41.5 Å². The van der Waals surface area contributed by atoms with Crippen LogP contribution in [0.1, 0.15) is 16.0 Å². The predicted octanol–water partition coefficient (Wildman–Crippen LogP) is 3.16. The van der Waals surface area contributed by atoms with Gasteiger partial charge in [0.1, 0.15) is 0 Å². The number of hydrogen-bond acceptors (Lipinski definition) is 4. The fourth-order valence-electron chi connectivity index (χ4n) is 1.54. The van der Waals surface area contributed by atoms with Gasteiger partial charge in [0.25, 0.3) is 0 Å². The first-order valence-electron chi connectivity index (χ1n) is 5.03. The van der Waals surface area contributed by atoms with E-state index in [4.69, 9.17) is 5.21 Å². The summed E-state index contributed by atoms with van der Waals surface area (Å²) in [5.74, 6) is 0. The molecule has 0 aliphatic carbocycles. The van der Waals surface area contributed by atoms with Crippen LogP contribution in [0.4, 0.5) is 0 Å². The van der Waals surface area contributed by atoms with E-state index in [9.17, 15) is 0 Å². The minimum absolute atomic E-state index is 0. The van der Waals surface area contributed by atoms with Gasteiger partial charge in [-0.15, -0.1) is 23.7 Å². The molecule has 3 nitrogen and oxygen atoms in total. The summed E-state index contributed by atoms with van der Waals surface area (Å²) in [7, 11) is 0. The summed E-state index contributed by atoms with van der Waals surface area (Å²) in [5.41, 5.74) is 2.44. The van der Waals surface area contributed by atoms with Gasteiger partial charge in [0.2, 0.25) is 0 Å². The van der Waals surface area contributed by atoms with Crippen molar-refractivity contribution >= 4 is 30.0 Å². The van der Waals surface area contributed by atoms with E-state index >= 15 is 0 Å². The molecule has 0 aliphatic rings. The molecule has 0 saturated carbocycles. The van der Waals surface area contributed by atoms with Crippen molar-refractivity contribution < 1.29 is 5.21 Å². The highest BCUT2D eigenvalue weighted by Crippen LogP contribution is 2.16. The van der Waals surface area contributed by atoms with E-state index < -0.39 is 0 Å². The van der Waals surface area contributed by atoms with Crippen LogP contribution < -0.4 is 0 Å². The Hall–Kier alpha value is -1.39. The first-order chi connectivity index (χ1) is 7.90.